The fourth-order valence-corrected chi connectivity index (χ4v) is 2.23. The van der Waals surface area contributed by atoms with E-state index >= 15 is 0 Å². The molecule has 1 heterocycles. The second-order valence-electron chi connectivity index (χ2n) is 3.45. The van der Waals surface area contributed by atoms with Crippen molar-refractivity contribution in [2.24, 2.45) is 7.05 Å². The summed E-state index contributed by atoms with van der Waals surface area (Å²) >= 11 is 1.72. The third-order valence-corrected chi connectivity index (χ3v) is 3.16. The summed E-state index contributed by atoms with van der Waals surface area (Å²) in [5.74, 6) is 0.862. The van der Waals surface area contributed by atoms with Gasteiger partial charge in [0, 0.05) is 23.9 Å². The maximum atomic E-state index is 8.78. The standard InChI is InChI=1S/C12H11N3S/c1-15-8-12(7-14-15)16-9-11-4-2-3-10(5-11)6-13/h2-5,7-8H,9H2,1H3. The molecule has 0 saturated heterocycles. The normalized spacial score (nSPS) is 10.0. The first kappa shape index (κ1) is 10.8. The van der Waals surface area contributed by atoms with Crippen LogP contribution in [0.25, 0.3) is 0 Å². The van der Waals surface area contributed by atoms with E-state index in [2.05, 4.69) is 11.2 Å². The summed E-state index contributed by atoms with van der Waals surface area (Å²) in [4.78, 5) is 1.14. The summed E-state index contributed by atoms with van der Waals surface area (Å²) in [5.41, 5.74) is 1.87. The van der Waals surface area contributed by atoms with Crippen molar-refractivity contribution in [2.75, 3.05) is 0 Å². The molecule has 1 aromatic carbocycles. The molecule has 2 rings (SSSR count). The lowest BCUT2D eigenvalue weighted by Crippen LogP contribution is -1.84. The molecule has 0 amide bonds. The summed E-state index contributed by atoms with van der Waals surface area (Å²) in [6.45, 7) is 0. The zero-order valence-corrected chi connectivity index (χ0v) is 9.74. The number of aryl methyl sites for hydroxylation is 1. The minimum atomic E-state index is 0.712. The maximum Gasteiger partial charge on any atom is 0.0991 e. The van der Waals surface area contributed by atoms with Gasteiger partial charge in [-0.1, -0.05) is 12.1 Å². The number of nitriles is 1. The van der Waals surface area contributed by atoms with Gasteiger partial charge < -0.3 is 0 Å². The molecule has 0 fully saturated rings. The lowest BCUT2D eigenvalue weighted by molar-refractivity contribution is 0.766. The Morgan fingerprint density at radius 2 is 2.38 bits per heavy atom. The van der Waals surface area contributed by atoms with Crippen LogP contribution in [0.1, 0.15) is 11.1 Å². The summed E-state index contributed by atoms with van der Waals surface area (Å²) < 4.78 is 1.79. The Morgan fingerprint density at radius 1 is 1.50 bits per heavy atom. The molecule has 0 radical (unpaired) electrons. The van der Waals surface area contributed by atoms with Crippen LogP contribution in [0.15, 0.2) is 41.6 Å². The molecule has 0 spiro atoms. The Morgan fingerprint density at radius 3 is 3.06 bits per heavy atom. The number of benzene rings is 1. The van der Waals surface area contributed by atoms with Crippen LogP contribution >= 0.6 is 11.8 Å². The molecule has 1 aromatic heterocycles. The predicted octanol–water partition coefficient (Wildman–Crippen LogP) is 2.58. The van der Waals surface area contributed by atoms with E-state index in [9.17, 15) is 0 Å². The van der Waals surface area contributed by atoms with E-state index < -0.39 is 0 Å². The Bertz CT molecular complexity index is 525. The smallest absolute Gasteiger partial charge is 0.0991 e. The van der Waals surface area contributed by atoms with Crippen LogP contribution in [0, 0.1) is 11.3 Å². The molecular weight excluding hydrogens is 218 g/mol. The average Bonchev–Trinajstić information content (AvgIpc) is 2.73. The molecule has 0 aliphatic heterocycles. The molecule has 0 bridgehead atoms. The van der Waals surface area contributed by atoms with Crippen LogP contribution in [-0.4, -0.2) is 9.78 Å². The van der Waals surface area contributed by atoms with Crippen molar-refractivity contribution in [3.63, 3.8) is 0 Å². The highest BCUT2D eigenvalue weighted by Crippen LogP contribution is 2.22. The summed E-state index contributed by atoms with van der Waals surface area (Å²) in [5, 5.41) is 12.9. The molecule has 0 saturated carbocycles. The number of thioether (sulfide) groups is 1. The largest absolute Gasteiger partial charge is 0.275 e. The topological polar surface area (TPSA) is 41.6 Å². The van der Waals surface area contributed by atoms with Crippen LogP contribution in [0.5, 0.6) is 0 Å². The molecule has 0 N–H and O–H groups in total. The highest BCUT2D eigenvalue weighted by molar-refractivity contribution is 7.98. The number of nitrogens with zero attached hydrogens (tertiary/aromatic N) is 3. The second kappa shape index (κ2) is 4.86. The number of hydrogen-bond donors (Lipinski definition) is 0. The third-order valence-electron chi connectivity index (χ3n) is 2.14. The van der Waals surface area contributed by atoms with Gasteiger partial charge in [0.05, 0.1) is 17.8 Å². The Balaban J connectivity index is 2.02. The van der Waals surface area contributed by atoms with Crippen molar-refractivity contribution in [2.45, 2.75) is 10.6 Å². The van der Waals surface area contributed by atoms with E-state index in [0.29, 0.717) is 5.56 Å². The monoisotopic (exact) mass is 229 g/mol. The van der Waals surface area contributed by atoms with Gasteiger partial charge in [-0.05, 0) is 17.7 Å². The summed E-state index contributed by atoms with van der Waals surface area (Å²) in [6.07, 6.45) is 3.83. The van der Waals surface area contributed by atoms with Crippen molar-refractivity contribution < 1.29 is 0 Å². The number of hydrogen-bond acceptors (Lipinski definition) is 3. The molecule has 3 nitrogen and oxygen atoms in total. The fourth-order valence-electron chi connectivity index (χ4n) is 1.37. The van der Waals surface area contributed by atoms with Crippen LogP contribution in [-0.2, 0) is 12.8 Å². The van der Waals surface area contributed by atoms with E-state index in [1.807, 2.05) is 43.7 Å². The minimum Gasteiger partial charge on any atom is -0.275 e. The first-order valence-corrected chi connectivity index (χ1v) is 5.87. The van der Waals surface area contributed by atoms with Crippen LogP contribution in [0.3, 0.4) is 0 Å². The van der Waals surface area contributed by atoms with E-state index in [1.165, 1.54) is 0 Å². The van der Waals surface area contributed by atoms with Gasteiger partial charge in [-0.15, -0.1) is 11.8 Å². The van der Waals surface area contributed by atoms with E-state index in [1.54, 1.807) is 16.4 Å². The van der Waals surface area contributed by atoms with Crippen molar-refractivity contribution >= 4 is 11.8 Å². The molecule has 16 heavy (non-hydrogen) atoms. The molecule has 80 valence electrons. The third kappa shape index (κ3) is 2.65. The lowest BCUT2D eigenvalue weighted by Gasteiger charge is -1.99. The Kier molecular flexibility index (Phi) is 3.28. The van der Waals surface area contributed by atoms with Crippen molar-refractivity contribution in [3.05, 3.63) is 47.8 Å². The van der Waals surface area contributed by atoms with Gasteiger partial charge in [-0.3, -0.25) is 4.68 Å². The first-order chi connectivity index (χ1) is 7.78. The Labute approximate surface area is 98.7 Å². The quantitative estimate of drug-likeness (QED) is 0.760. The molecule has 0 aliphatic rings. The summed E-state index contributed by atoms with van der Waals surface area (Å²) in [7, 11) is 1.90. The van der Waals surface area contributed by atoms with Gasteiger partial charge in [0.2, 0.25) is 0 Å². The Hall–Kier alpha value is -1.73. The average molecular weight is 229 g/mol. The van der Waals surface area contributed by atoms with E-state index in [0.717, 1.165) is 16.2 Å². The zero-order valence-electron chi connectivity index (χ0n) is 8.92. The van der Waals surface area contributed by atoms with Crippen LogP contribution < -0.4 is 0 Å². The first-order valence-electron chi connectivity index (χ1n) is 4.88. The molecule has 0 unspecified atom stereocenters. The fraction of sp³-hybridized carbons (Fsp3) is 0.167. The second-order valence-corrected chi connectivity index (χ2v) is 4.50. The zero-order chi connectivity index (χ0) is 11.4. The SMILES string of the molecule is Cn1cc(SCc2cccc(C#N)c2)cn1. The maximum absolute atomic E-state index is 8.78. The van der Waals surface area contributed by atoms with Crippen molar-refractivity contribution in [1.29, 1.82) is 5.26 Å². The van der Waals surface area contributed by atoms with Crippen LogP contribution in [0.4, 0.5) is 0 Å². The number of aromatic nitrogens is 2. The van der Waals surface area contributed by atoms with E-state index in [4.69, 9.17) is 5.26 Å². The van der Waals surface area contributed by atoms with Gasteiger partial charge in [-0.25, -0.2) is 0 Å². The van der Waals surface area contributed by atoms with Crippen molar-refractivity contribution in [3.8, 4) is 6.07 Å². The molecule has 2 aromatic rings. The molecular formula is C12H11N3S. The van der Waals surface area contributed by atoms with Gasteiger partial charge in [0.1, 0.15) is 0 Å². The predicted molar refractivity (Wildman–Crippen MR) is 63.9 cm³/mol. The van der Waals surface area contributed by atoms with E-state index in [-0.39, 0.29) is 0 Å². The molecule has 0 atom stereocenters. The van der Waals surface area contributed by atoms with Crippen LogP contribution in [0.2, 0.25) is 0 Å². The highest BCUT2D eigenvalue weighted by atomic mass is 32.2. The van der Waals surface area contributed by atoms with Gasteiger partial charge in [0.15, 0.2) is 0 Å². The highest BCUT2D eigenvalue weighted by Gasteiger charge is 1.99. The minimum absolute atomic E-state index is 0.712. The van der Waals surface area contributed by atoms with Gasteiger partial charge in [-0.2, -0.15) is 10.4 Å². The number of rotatable bonds is 3. The molecule has 4 heteroatoms. The summed E-state index contributed by atoms with van der Waals surface area (Å²) in [6, 6.07) is 9.83. The van der Waals surface area contributed by atoms with Crippen molar-refractivity contribution in [1.82, 2.24) is 9.78 Å². The lowest BCUT2D eigenvalue weighted by atomic mass is 10.2. The van der Waals surface area contributed by atoms with Gasteiger partial charge >= 0.3 is 0 Å². The molecule has 0 aliphatic carbocycles. The van der Waals surface area contributed by atoms with Gasteiger partial charge in [0.25, 0.3) is 0 Å².